The molecule has 0 radical (unpaired) electrons. The van der Waals surface area contributed by atoms with Gasteiger partial charge in [0, 0.05) is 33.7 Å². The summed E-state index contributed by atoms with van der Waals surface area (Å²) < 4.78 is 46.9. The van der Waals surface area contributed by atoms with Crippen molar-refractivity contribution in [3.8, 4) is 5.75 Å². The number of nitrogens with one attached hydrogen (secondary N) is 1. The first kappa shape index (κ1) is 29.9. The van der Waals surface area contributed by atoms with Gasteiger partial charge < -0.3 is 9.72 Å². The fourth-order valence-electron chi connectivity index (χ4n) is 8.20. The van der Waals surface area contributed by atoms with Crippen molar-refractivity contribution in [2.45, 2.75) is 35.4 Å². The van der Waals surface area contributed by atoms with E-state index in [4.69, 9.17) is 4.74 Å². The van der Waals surface area contributed by atoms with Crippen LogP contribution in [0.2, 0.25) is 0 Å². The Morgan fingerprint density at radius 3 is 2.43 bits per heavy atom. The number of thiazole rings is 1. The maximum Gasteiger partial charge on any atom is 0.416 e. The number of amides is 2. The van der Waals surface area contributed by atoms with Crippen LogP contribution in [0.25, 0.3) is 0 Å². The van der Waals surface area contributed by atoms with Gasteiger partial charge in [0.1, 0.15) is 12.4 Å². The van der Waals surface area contributed by atoms with Crippen LogP contribution in [0.3, 0.4) is 0 Å². The standard InChI is InChI=1S/C33H24F3N3O6S2/c34-33(35,36)16-7-4-8-17(11-16)38-30(40)25-20-13-21(26(25)31(38)41)27-24(20)23(28-29(46-27)37-32(42)47-28)19-12-18(39(43)44)9-10-22(19)45-14-15-5-2-1-3-6-15/h1-12,20-21,23-27H,13-14H2,(H,37,42)/t20-,21-,23+,24+,25+,26+,27-/m1/s1. The molecule has 3 heterocycles. The molecule has 7 atom stereocenters. The van der Waals surface area contributed by atoms with Crippen LogP contribution in [0.1, 0.15) is 33.9 Å². The number of carbonyl (C=O) groups is 2. The molecule has 2 aliphatic heterocycles. The van der Waals surface area contributed by atoms with E-state index in [2.05, 4.69) is 4.98 Å². The highest BCUT2D eigenvalue weighted by Crippen LogP contribution is 2.69. The van der Waals surface area contributed by atoms with E-state index in [1.165, 1.54) is 36.0 Å². The molecule has 9 nitrogen and oxygen atoms in total. The zero-order valence-electron chi connectivity index (χ0n) is 24.2. The molecule has 1 aromatic heterocycles. The minimum atomic E-state index is -4.65. The molecule has 1 N–H and O–H groups in total. The molecule has 4 aromatic rings. The lowest BCUT2D eigenvalue weighted by atomic mass is 9.68. The van der Waals surface area contributed by atoms with E-state index < -0.39 is 46.2 Å². The van der Waals surface area contributed by atoms with Gasteiger partial charge in [-0.05, 0) is 54.0 Å². The van der Waals surface area contributed by atoms with Crippen molar-refractivity contribution in [1.29, 1.82) is 0 Å². The first-order chi connectivity index (χ1) is 22.5. The van der Waals surface area contributed by atoms with Crippen molar-refractivity contribution in [2.75, 3.05) is 4.90 Å². The van der Waals surface area contributed by atoms with Crippen LogP contribution in [-0.2, 0) is 22.4 Å². The number of hydrogen-bond donors (Lipinski definition) is 1. The number of fused-ring (bicyclic) bond motifs is 9. The Labute approximate surface area is 272 Å². The van der Waals surface area contributed by atoms with Gasteiger partial charge in [-0.3, -0.25) is 29.4 Å². The van der Waals surface area contributed by atoms with Gasteiger partial charge in [-0.15, -0.1) is 11.8 Å². The van der Waals surface area contributed by atoms with Crippen molar-refractivity contribution in [3.05, 3.63) is 114 Å². The predicted molar refractivity (Wildman–Crippen MR) is 166 cm³/mol. The molecule has 8 rings (SSSR count). The first-order valence-electron chi connectivity index (χ1n) is 14.9. The third kappa shape index (κ3) is 4.71. The number of imide groups is 1. The summed E-state index contributed by atoms with van der Waals surface area (Å²) in [6, 6.07) is 18.0. The van der Waals surface area contributed by atoms with Gasteiger partial charge >= 0.3 is 11.0 Å². The number of non-ortho nitro benzene ring substituents is 1. The van der Waals surface area contributed by atoms with Gasteiger partial charge in [0.2, 0.25) is 11.8 Å². The van der Waals surface area contributed by atoms with E-state index in [-0.39, 0.29) is 45.9 Å². The number of thioether (sulfide) groups is 1. The summed E-state index contributed by atoms with van der Waals surface area (Å²) in [5, 5.41) is 12.3. The second kappa shape index (κ2) is 10.8. The quantitative estimate of drug-likeness (QED) is 0.138. The summed E-state index contributed by atoms with van der Waals surface area (Å²) in [5.74, 6) is -3.66. The Hall–Kier alpha value is -4.43. The Morgan fingerprint density at radius 1 is 0.957 bits per heavy atom. The lowest BCUT2D eigenvalue weighted by Gasteiger charge is -2.43. The zero-order valence-corrected chi connectivity index (χ0v) is 25.8. The number of nitrogens with zero attached hydrogens (tertiary/aromatic N) is 2. The number of nitro benzene ring substituents is 1. The SMILES string of the molecule is O=C1[C@H]2[C@H]3C[C@@H]([C@@H]2C(=O)N1c1cccc(C(F)(F)F)c1)[C@H]1[C@H](c2cc([N+](=O)[O-])ccc2OCc2ccccc2)c2sc(=O)[nH]c2S[C@H]31. The topological polar surface area (TPSA) is 123 Å². The lowest BCUT2D eigenvalue weighted by molar-refractivity contribution is -0.385. The van der Waals surface area contributed by atoms with Crippen molar-refractivity contribution in [2.24, 2.45) is 29.6 Å². The number of benzene rings is 3. The average molecular weight is 680 g/mol. The van der Waals surface area contributed by atoms with Gasteiger partial charge in [-0.1, -0.05) is 47.7 Å². The number of aromatic nitrogens is 1. The van der Waals surface area contributed by atoms with Gasteiger partial charge in [0.15, 0.2) is 0 Å². The third-order valence-corrected chi connectivity index (χ3v) is 12.5. The molecule has 2 amide bonds. The number of H-pyrrole nitrogens is 1. The lowest BCUT2D eigenvalue weighted by Crippen LogP contribution is -2.42. The average Bonchev–Trinajstić information content (AvgIpc) is 3.78. The highest BCUT2D eigenvalue weighted by molar-refractivity contribution is 8.00. The molecule has 47 heavy (non-hydrogen) atoms. The largest absolute Gasteiger partial charge is 0.489 e. The molecule has 0 unspecified atom stereocenters. The number of nitro groups is 1. The molecule has 4 aliphatic rings. The van der Waals surface area contributed by atoms with E-state index >= 15 is 0 Å². The summed E-state index contributed by atoms with van der Waals surface area (Å²) in [6.07, 6.45) is -4.11. The first-order valence-corrected chi connectivity index (χ1v) is 16.6. The predicted octanol–water partition coefficient (Wildman–Crippen LogP) is 6.62. The molecular weight excluding hydrogens is 656 g/mol. The number of carbonyl (C=O) groups excluding carboxylic acids is 2. The van der Waals surface area contributed by atoms with Crippen molar-refractivity contribution < 1.29 is 32.4 Å². The summed E-state index contributed by atoms with van der Waals surface area (Å²) in [7, 11) is 0. The maximum absolute atomic E-state index is 14.0. The minimum absolute atomic E-state index is 0.116. The van der Waals surface area contributed by atoms with Crippen LogP contribution in [0.15, 0.2) is 82.6 Å². The van der Waals surface area contributed by atoms with Crippen LogP contribution in [-0.4, -0.2) is 27.0 Å². The van der Waals surface area contributed by atoms with Gasteiger partial charge in [0.05, 0.1) is 33.0 Å². The smallest absolute Gasteiger partial charge is 0.416 e. The van der Waals surface area contributed by atoms with Crippen LogP contribution in [0.5, 0.6) is 5.75 Å². The Balaban J connectivity index is 1.21. The molecule has 240 valence electrons. The highest BCUT2D eigenvalue weighted by atomic mass is 32.2. The minimum Gasteiger partial charge on any atom is -0.489 e. The van der Waals surface area contributed by atoms with Gasteiger partial charge in [-0.2, -0.15) is 13.2 Å². The molecule has 3 aromatic carbocycles. The maximum atomic E-state index is 14.0. The number of halogens is 3. The van der Waals surface area contributed by atoms with E-state index in [1.807, 2.05) is 30.3 Å². The van der Waals surface area contributed by atoms with Crippen molar-refractivity contribution in [1.82, 2.24) is 4.98 Å². The molecule has 2 bridgehead atoms. The number of anilines is 1. The number of ether oxygens (including phenoxy) is 1. The summed E-state index contributed by atoms with van der Waals surface area (Å²) in [5.41, 5.74) is 0.164. The summed E-state index contributed by atoms with van der Waals surface area (Å²) >= 11 is 2.45. The molecule has 2 saturated carbocycles. The monoisotopic (exact) mass is 679 g/mol. The molecule has 3 fully saturated rings. The van der Waals surface area contributed by atoms with Crippen molar-refractivity contribution >= 4 is 46.3 Å². The molecular formula is C33H24F3N3O6S2. The highest BCUT2D eigenvalue weighted by Gasteiger charge is 2.70. The fourth-order valence-corrected chi connectivity index (χ4v) is 11.1. The molecule has 2 aliphatic carbocycles. The van der Waals surface area contributed by atoms with E-state index in [9.17, 15) is 37.7 Å². The van der Waals surface area contributed by atoms with E-state index in [0.717, 1.165) is 33.9 Å². The summed E-state index contributed by atoms with van der Waals surface area (Å²) in [4.78, 5) is 56.3. The van der Waals surface area contributed by atoms with Crippen LogP contribution < -0.4 is 14.5 Å². The van der Waals surface area contributed by atoms with E-state index in [0.29, 0.717) is 27.6 Å². The van der Waals surface area contributed by atoms with Gasteiger partial charge in [-0.25, -0.2) is 0 Å². The third-order valence-electron chi connectivity index (χ3n) is 9.93. The van der Waals surface area contributed by atoms with Crippen molar-refractivity contribution in [3.63, 3.8) is 0 Å². The zero-order chi connectivity index (χ0) is 32.8. The Morgan fingerprint density at radius 2 is 1.70 bits per heavy atom. The van der Waals surface area contributed by atoms with Crippen LogP contribution in [0, 0.1) is 39.7 Å². The molecule has 0 spiro atoms. The second-order valence-corrected chi connectivity index (χ2v) is 14.5. The normalized spacial score (nSPS) is 27.5. The Kier molecular flexibility index (Phi) is 6.88. The number of alkyl halides is 3. The molecule has 1 saturated heterocycles. The molecule has 14 heteroatoms. The second-order valence-electron chi connectivity index (χ2n) is 12.3. The Bertz CT molecular complexity index is 2010. The fraction of sp³-hybridized carbons (Fsp3) is 0.303. The van der Waals surface area contributed by atoms with E-state index in [1.54, 1.807) is 6.07 Å². The summed E-state index contributed by atoms with van der Waals surface area (Å²) in [6.45, 7) is 0.188. The van der Waals surface area contributed by atoms with Crippen LogP contribution >= 0.6 is 23.1 Å². The number of aromatic amines is 1. The van der Waals surface area contributed by atoms with Crippen LogP contribution in [0.4, 0.5) is 24.5 Å². The number of rotatable bonds is 6. The van der Waals surface area contributed by atoms with Gasteiger partial charge in [0.25, 0.3) is 5.69 Å². The number of hydrogen-bond acceptors (Lipinski definition) is 8.